The number of piperazine rings is 1. The van der Waals surface area contributed by atoms with Gasteiger partial charge in [0.1, 0.15) is 18.5 Å². The Bertz CT molecular complexity index is 1270. The molecule has 3 heterocycles. The van der Waals surface area contributed by atoms with Crippen molar-refractivity contribution >= 4 is 23.4 Å². The largest absolute Gasteiger partial charge is 0.490 e. The predicted molar refractivity (Wildman–Crippen MR) is 139 cm³/mol. The van der Waals surface area contributed by atoms with Gasteiger partial charge in [-0.2, -0.15) is 0 Å². The molecule has 3 atom stereocenters. The van der Waals surface area contributed by atoms with E-state index in [1.807, 2.05) is 11.9 Å². The molecule has 1 N–H and O–H groups in total. The zero-order valence-electron chi connectivity index (χ0n) is 22.0. The van der Waals surface area contributed by atoms with E-state index in [0.29, 0.717) is 43.8 Å². The third-order valence-corrected chi connectivity index (χ3v) is 7.71. The van der Waals surface area contributed by atoms with Crippen molar-refractivity contribution in [3.8, 4) is 5.75 Å². The Kier molecular flexibility index (Phi) is 7.81. The molecule has 208 valence electrons. The van der Waals surface area contributed by atoms with Crippen LogP contribution in [-0.2, 0) is 9.53 Å². The number of benzene rings is 2. The molecule has 11 heteroatoms. The van der Waals surface area contributed by atoms with Crippen LogP contribution >= 0.6 is 0 Å². The van der Waals surface area contributed by atoms with Gasteiger partial charge in [0.05, 0.1) is 24.1 Å². The minimum Gasteiger partial charge on any atom is -0.490 e. The maximum atomic E-state index is 13.5. The lowest BCUT2D eigenvalue weighted by molar-refractivity contribution is -0.144. The number of fused-ring (bicyclic) bond motifs is 2. The molecule has 0 aromatic heterocycles. The van der Waals surface area contributed by atoms with Gasteiger partial charge in [-0.15, -0.1) is 0 Å². The number of anilines is 1. The Hall–Kier alpha value is -3.57. The number of rotatable bonds is 4. The summed E-state index contributed by atoms with van der Waals surface area (Å²) < 4.78 is 39.1. The molecule has 9 nitrogen and oxygen atoms in total. The number of nitrogens with one attached hydrogen (secondary N) is 1. The molecule has 2 fully saturated rings. The highest BCUT2D eigenvalue weighted by molar-refractivity contribution is 6.05. The van der Waals surface area contributed by atoms with Crippen LogP contribution in [0.5, 0.6) is 5.75 Å². The van der Waals surface area contributed by atoms with Crippen molar-refractivity contribution in [2.24, 2.45) is 0 Å². The van der Waals surface area contributed by atoms with Crippen LogP contribution in [0.4, 0.5) is 14.5 Å². The van der Waals surface area contributed by atoms with Gasteiger partial charge in [0.2, 0.25) is 5.91 Å². The lowest BCUT2D eigenvalue weighted by atomic mass is 9.94. The van der Waals surface area contributed by atoms with E-state index in [2.05, 4.69) is 10.2 Å². The highest BCUT2D eigenvalue weighted by Gasteiger charge is 2.39. The number of carbonyl (C=O) groups is 3. The minimum absolute atomic E-state index is 0.0526. The molecule has 0 aliphatic carbocycles. The van der Waals surface area contributed by atoms with Gasteiger partial charge >= 0.3 is 0 Å². The molecule has 0 unspecified atom stereocenters. The summed E-state index contributed by atoms with van der Waals surface area (Å²) in [6, 6.07) is 7.30. The van der Waals surface area contributed by atoms with Crippen LogP contribution in [0.15, 0.2) is 36.4 Å². The Morgan fingerprint density at radius 2 is 1.77 bits per heavy atom. The number of likely N-dealkylation sites (N-methyl/N-ethyl adjacent to an activating group) is 2. The van der Waals surface area contributed by atoms with Crippen molar-refractivity contribution in [3.63, 3.8) is 0 Å². The first-order valence-electron chi connectivity index (χ1n) is 13.1. The molecule has 0 saturated carbocycles. The van der Waals surface area contributed by atoms with E-state index in [9.17, 15) is 23.2 Å². The van der Waals surface area contributed by atoms with Crippen LogP contribution in [-0.4, -0.2) is 97.6 Å². The summed E-state index contributed by atoms with van der Waals surface area (Å²) in [5, 5.41) is 2.62. The molecule has 3 amide bonds. The van der Waals surface area contributed by atoms with Crippen LogP contribution in [0.25, 0.3) is 0 Å². The molecule has 0 spiro atoms. The molecule has 2 saturated heterocycles. The number of ether oxygens (including phenoxy) is 2. The number of amides is 3. The summed E-state index contributed by atoms with van der Waals surface area (Å²) in [6.45, 7) is 3.36. The Balaban J connectivity index is 1.25. The topological polar surface area (TPSA) is 91.4 Å². The van der Waals surface area contributed by atoms with Crippen LogP contribution in [0.3, 0.4) is 0 Å². The molecule has 2 aromatic rings. The fourth-order valence-corrected chi connectivity index (χ4v) is 5.33. The van der Waals surface area contributed by atoms with Gasteiger partial charge in [0.15, 0.2) is 11.6 Å². The zero-order valence-corrected chi connectivity index (χ0v) is 22.0. The van der Waals surface area contributed by atoms with E-state index in [1.165, 1.54) is 12.1 Å². The number of hydrogen-bond acceptors (Lipinski definition) is 6. The standard InChI is InChI=1S/C28H32F2N4O5/c1-32-9-11-34(12-10-32)26(35)15-19-5-7-23-25(39-19)16-38-24-8-4-18(14-20(24)28(37)33(23)2)31-27(36)17-3-6-21(29)22(30)13-17/h3-4,6,8,13-14,19,23,25H,5,7,9-12,15-16H2,1-2H3,(H,31,36)/t19-,23-,25+/m1/s1. The average Bonchev–Trinajstić information content (AvgIpc) is 2.92. The van der Waals surface area contributed by atoms with Gasteiger partial charge in [-0.05, 0) is 56.3 Å². The summed E-state index contributed by atoms with van der Waals surface area (Å²) in [4.78, 5) is 44.6. The van der Waals surface area contributed by atoms with Crippen LogP contribution < -0.4 is 10.1 Å². The van der Waals surface area contributed by atoms with Crippen molar-refractivity contribution in [2.45, 2.75) is 37.5 Å². The van der Waals surface area contributed by atoms with Crippen LogP contribution in [0, 0.1) is 11.6 Å². The van der Waals surface area contributed by atoms with E-state index in [0.717, 1.165) is 25.2 Å². The average molecular weight is 543 g/mol. The third kappa shape index (κ3) is 5.89. The maximum Gasteiger partial charge on any atom is 0.257 e. The highest BCUT2D eigenvalue weighted by atomic mass is 19.2. The molecule has 0 radical (unpaired) electrons. The van der Waals surface area contributed by atoms with Crippen molar-refractivity contribution in [1.82, 2.24) is 14.7 Å². The van der Waals surface area contributed by atoms with Gasteiger partial charge in [0, 0.05) is 44.5 Å². The van der Waals surface area contributed by atoms with Gasteiger partial charge in [-0.25, -0.2) is 8.78 Å². The second-order valence-electron chi connectivity index (χ2n) is 10.4. The quantitative estimate of drug-likeness (QED) is 0.639. The molecule has 2 aromatic carbocycles. The molecule has 39 heavy (non-hydrogen) atoms. The van der Waals surface area contributed by atoms with Crippen molar-refractivity contribution in [1.29, 1.82) is 0 Å². The SMILES string of the molecule is CN1CCN(C(=O)C[C@H]2CC[C@@H]3[C@H](COc4ccc(NC(=O)c5ccc(F)c(F)c5)cc4C(=O)N3C)O2)CC1. The fourth-order valence-electron chi connectivity index (χ4n) is 5.33. The molecule has 3 aliphatic heterocycles. The predicted octanol–water partition coefficient (Wildman–Crippen LogP) is 2.76. The van der Waals surface area contributed by atoms with Crippen LogP contribution in [0.1, 0.15) is 40.0 Å². The molecular formula is C28H32F2N4O5. The van der Waals surface area contributed by atoms with Gasteiger partial charge in [0.25, 0.3) is 11.8 Å². The summed E-state index contributed by atoms with van der Waals surface area (Å²) in [6.07, 6.45) is 0.994. The summed E-state index contributed by atoms with van der Waals surface area (Å²) in [5.41, 5.74) is 0.530. The molecule has 3 aliphatic rings. The maximum absolute atomic E-state index is 13.5. The fraction of sp³-hybridized carbons (Fsp3) is 0.464. The van der Waals surface area contributed by atoms with Crippen molar-refractivity contribution < 1.29 is 32.6 Å². The van der Waals surface area contributed by atoms with Crippen LogP contribution in [0.2, 0.25) is 0 Å². The zero-order chi connectivity index (χ0) is 27.7. The van der Waals surface area contributed by atoms with Crippen molar-refractivity contribution in [3.05, 3.63) is 59.2 Å². The van der Waals surface area contributed by atoms with E-state index >= 15 is 0 Å². The monoisotopic (exact) mass is 542 g/mol. The first-order valence-corrected chi connectivity index (χ1v) is 13.1. The highest BCUT2D eigenvalue weighted by Crippen LogP contribution is 2.33. The number of hydrogen-bond donors (Lipinski definition) is 1. The van der Waals surface area contributed by atoms with E-state index < -0.39 is 17.5 Å². The Labute approximate surface area is 225 Å². The normalized spacial score (nSPS) is 23.7. The van der Waals surface area contributed by atoms with Gasteiger partial charge in [-0.1, -0.05) is 0 Å². The number of nitrogens with zero attached hydrogens (tertiary/aromatic N) is 3. The lowest BCUT2D eigenvalue weighted by Gasteiger charge is -2.42. The lowest BCUT2D eigenvalue weighted by Crippen LogP contribution is -2.54. The molecule has 5 rings (SSSR count). The summed E-state index contributed by atoms with van der Waals surface area (Å²) in [7, 11) is 3.75. The third-order valence-electron chi connectivity index (χ3n) is 7.71. The number of halogens is 2. The van der Waals surface area contributed by atoms with E-state index in [4.69, 9.17) is 9.47 Å². The smallest absolute Gasteiger partial charge is 0.257 e. The first-order chi connectivity index (χ1) is 18.7. The van der Waals surface area contributed by atoms with Gasteiger partial charge < -0.3 is 29.5 Å². The van der Waals surface area contributed by atoms with Gasteiger partial charge in [-0.3, -0.25) is 14.4 Å². The summed E-state index contributed by atoms with van der Waals surface area (Å²) >= 11 is 0. The van der Waals surface area contributed by atoms with Crippen molar-refractivity contribution in [2.75, 3.05) is 52.2 Å². The second kappa shape index (κ2) is 11.3. The van der Waals surface area contributed by atoms with E-state index in [-0.39, 0.29) is 47.8 Å². The number of carbonyl (C=O) groups excluding carboxylic acids is 3. The molecular weight excluding hydrogens is 510 g/mol. The molecule has 0 bridgehead atoms. The Morgan fingerprint density at radius 3 is 2.51 bits per heavy atom. The summed E-state index contributed by atoms with van der Waals surface area (Å²) in [5.74, 6) is -2.67. The second-order valence-corrected chi connectivity index (χ2v) is 10.4. The minimum atomic E-state index is -1.12. The first kappa shape index (κ1) is 27.0. The Morgan fingerprint density at radius 1 is 1.00 bits per heavy atom. The van der Waals surface area contributed by atoms with E-state index in [1.54, 1.807) is 24.1 Å².